The highest BCUT2D eigenvalue weighted by Gasteiger charge is 2.18. The molecule has 2 aromatic heterocycles. The van der Waals surface area contributed by atoms with E-state index in [1.54, 1.807) is 0 Å². The minimum Gasteiger partial charge on any atom is -0.456 e. The van der Waals surface area contributed by atoms with Crippen LogP contribution < -0.4 is 10.6 Å². The van der Waals surface area contributed by atoms with Crippen molar-refractivity contribution in [3.05, 3.63) is 217 Å². The van der Waals surface area contributed by atoms with Crippen LogP contribution in [0, 0.1) is 0 Å². The molecule has 0 radical (unpaired) electrons. The lowest BCUT2D eigenvalue weighted by molar-refractivity contribution is 0.436. The van der Waals surface area contributed by atoms with Crippen LogP contribution in [-0.4, -0.2) is 0 Å². The van der Waals surface area contributed by atoms with Crippen molar-refractivity contribution >= 4 is 64.2 Å². The zero-order valence-corrected chi connectivity index (χ0v) is 33.2. The van der Waals surface area contributed by atoms with E-state index in [-0.39, 0.29) is 6.17 Å². The molecule has 2 heterocycles. The number of hydrogen-bond donors (Lipinski definition) is 2. The summed E-state index contributed by atoms with van der Waals surface area (Å²) < 4.78 is 9.23. The van der Waals surface area contributed by atoms with Crippen molar-refractivity contribution in [1.29, 1.82) is 0 Å². The van der Waals surface area contributed by atoms with Crippen molar-refractivity contribution in [3.63, 3.8) is 0 Å². The molecule has 0 amide bonds. The zero-order chi connectivity index (χ0) is 39.1. The third-order valence-electron chi connectivity index (χ3n) is 11.6. The lowest BCUT2D eigenvalue weighted by atomic mass is 9.95. The van der Waals surface area contributed by atoms with Gasteiger partial charge in [-0.15, -0.1) is 11.3 Å². The van der Waals surface area contributed by atoms with Gasteiger partial charge in [0.2, 0.25) is 0 Å². The summed E-state index contributed by atoms with van der Waals surface area (Å²) in [5.41, 5.74) is 12.7. The van der Waals surface area contributed by atoms with Crippen molar-refractivity contribution in [1.82, 2.24) is 10.6 Å². The van der Waals surface area contributed by atoms with E-state index in [1.165, 1.54) is 75.5 Å². The molecule has 282 valence electrons. The molecule has 1 atom stereocenters. The molecule has 59 heavy (non-hydrogen) atoms. The third kappa shape index (κ3) is 6.67. The largest absolute Gasteiger partial charge is 0.456 e. The van der Waals surface area contributed by atoms with Crippen molar-refractivity contribution < 1.29 is 4.42 Å². The summed E-state index contributed by atoms with van der Waals surface area (Å²) in [4.78, 5) is 0. The van der Waals surface area contributed by atoms with Crippen LogP contribution in [0.2, 0.25) is 0 Å². The number of furan rings is 1. The van der Waals surface area contributed by atoms with Gasteiger partial charge in [-0.2, -0.15) is 0 Å². The summed E-state index contributed by atoms with van der Waals surface area (Å²) >= 11 is 1.89. The van der Waals surface area contributed by atoms with Crippen LogP contribution in [0.25, 0.3) is 86.3 Å². The number of benzene rings is 9. The highest BCUT2D eigenvalue weighted by atomic mass is 32.1. The van der Waals surface area contributed by atoms with Gasteiger partial charge >= 0.3 is 0 Å². The fourth-order valence-electron chi connectivity index (χ4n) is 8.69. The minimum atomic E-state index is -0.140. The van der Waals surface area contributed by atoms with E-state index >= 15 is 0 Å². The Morgan fingerprint density at radius 3 is 1.78 bits per heavy atom. The number of thiophene rings is 1. The van der Waals surface area contributed by atoms with E-state index in [0.29, 0.717) is 13.1 Å². The maximum atomic E-state index is 6.58. The summed E-state index contributed by atoms with van der Waals surface area (Å²) in [5, 5.41) is 15.3. The van der Waals surface area contributed by atoms with Gasteiger partial charge in [0.05, 0.1) is 6.17 Å². The average Bonchev–Trinajstić information content (AvgIpc) is 3.88. The summed E-state index contributed by atoms with van der Waals surface area (Å²) in [5.74, 6) is 0. The fraction of sp³-hybridized carbons (Fsp3) is 0.0545. The monoisotopic (exact) mass is 776 g/mol. The zero-order valence-electron chi connectivity index (χ0n) is 32.4. The molecule has 0 bridgehead atoms. The highest BCUT2D eigenvalue weighted by molar-refractivity contribution is 7.26. The molecule has 11 aromatic rings. The van der Waals surface area contributed by atoms with Crippen LogP contribution in [0.1, 0.15) is 22.9 Å². The molecule has 0 spiro atoms. The second-order valence-electron chi connectivity index (χ2n) is 15.3. The SMILES string of the molecule is c1ccc(-c2ccc(CNC(NCc3ccc4sc5c6ccccc6c(-c6ccccc6)cc5c4c3)c3ccc4c(c3)oc3cccc(-c5ccccc5)c34)cc2)cc1. The fourth-order valence-corrected chi connectivity index (χ4v) is 9.89. The Bertz CT molecular complexity index is 3260. The normalized spacial score (nSPS) is 12.3. The molecule has 0 aliphatic rings. The van der Waals surface area contributed by atoms with E-state index in [4.69, 9.17) is 4.42 Å². The number of hydrogen-bond acceptors (Lipinski definition) is 4. The molecule has 9 aromatic carbocycles. The van der Waals surface area contributed by atoms with Gasteiger partial charge in [-0.05, 0) is 85.8 Å². The molecule has 0 saturated heterocycles. The van der Waals surface area contributed by atoms with E-state index < -0.39 is 0 Å². The first kappa shape index (κ1) is 35.4. The maximum absolute atomic E-state index is 6.58. The van der Waals surface area contributed by atoms with Crippen molar-refractivity contribution in [2.24, 2.45) is 0 Å². The predicted molar refractivity (Wildman–Crippen MR) is 250 cm³/mol. The molecule has 4 heteroatoms. The number of fused-ring (bicyclic) bond motifs is 8. The Labute approximate surface area is 347 Å². The molecular weight excluding hydrogens is 737 g/mol. The van der Waals surface area contributed by atoms with Crippen LogP contribution in [0.5, 0.6) is 0 Å². The quantitative estimate of drug-likeness (QED) is 0.136. The van der Waals surface area contributed by atoms with Gasteiger partial charge < -0.3 is 4.42 Å². The Hall–Kier alpha value is -6.82. The average molecular weight is 777 g/mol. The first-order chi connectivity index (χ1) is 29.2. The summed E-state index contributed by atoms with van der Waals surface area (Å²) in [6, 6.07) is 72.0. The van der Waals surface area contributed by atoms with Gasteiger partial charge in [-0.25, -0.2) is 0 Å². The second kappa shape index (κ2) is 15.2. The van der Waals surface area contributed by atoms with E-state index in [1.807, 2.05) is 11.3 Å². The Morgan fingerprint density at radius 1 is 0.407 bits per heavy atom. The van der Waals surface area contributed by atoms with Gasteiger partial charge in [-0.3, -0.25) is 10.6 Å². The van der Waals surface area contributed by atoms with Crippen LogP contribution >= 0.6 is 11.3 Å². The molecule has 0 fully saturated rings. The van der Waals surface area contributed by atoms with Crippen molar-refractivity contribution in [2.75, 3.05) is 0 Å². The van der Waals surface area contributed by atoms with E-state index in [9.17, 15) is 0 Å². The molecule has 0 saturated carbocycles. The molecule has 0 aliphatic carbocycles. The third-order valence-corrected chi connectivity index (χ3v) is 12.9. The first-order valence-corrected chi connectivity index (χ1v) is 21.1. The Morgan fingerprint density at radius 2 is 1.03 bits per heavy atom. The molecular formula is C55H40N2OS. The van der Waals surface area contributed by atoms with Crippen molar-refractivity contribution in [3.8, 4) is 33.4 Å². The molecule has 2 N–H and O–H groups in total. The Kier molecular flexibility index (Phi) is 9.09. The molecule has 11 rings (SSSR count). The number of nitrogens with one attached hydrogen (secondary N) is 2. The maximum Gasteiger partial charge on any atom is 0.136 e. The van der Waals surface area contributed by atoms with E-state index in [2.05, 4.69) is 211 Å². The summed E-state index contributed by atoms with van der Waals surface area (Å²) in [6.45, 7) is 1.39. The topological polar surface area (TPSA) is 37.2 Å². The Balaban J connectivity index is 0.944. The van der Waals surface area contributed by atoms with Crippen LogP contribution in [-0.2, 0) is 13.1 Å². The minimum absolute atomic E-state index is 0.140. The number of rotatable bonds is 10. The van der Waals surface area contributed by atoms with Gasteiger partial charge in [0.1, 0.15) is 11.2 Å². The molecule has 1 unspecified atom stereocenters. The standard InChI is InChI=1S/C55H40N2OS/c1-4-13-38(14-5-1)39-26-23-36(24-27-39)34-56-55(42-28-29-46-51(32-42)58-50-22-12-21-43(53(46)50)40-15-6-2-7-16-40)57-35-37-25-30-52-48(31-37)49-33-47(41-17-8-3-9-18-41)44-19-10-11-20-45(44)54(49)59-52/h1-33,55-57H,34-35H2. The van der Waals surface area contributed by atoms with Crippen LogP contribution in [0.3, 0.4) is 0 Å². The van der Waals surface area contributed by atoms with Gasteiger partial charge in [0, 0.05) is 49.4 Å². The van der Waals surface area contributed by atoms with Crippen LogP contribution in [0.4, 0.5) is 0 Å². The second-order valence-corrected chi connectivity index (χ2v) is 16.4. The van der Waals surface area contributed by atoms with Gasteiger partial charge in [0.15, 0.2) is 0 Å². The van der Waals surface area contributed by atoms with Gasteiger partial charge in [-0.1, -0.05) is 170 Å². The molecule has 0 aliphatic heterocycles. The highest BCUT2D eigenvalue weighted by Crippen LogP contribution is 2.43. The summed E-state index contributed by atoms with van der Waals surface area (Å²) in [7, 11) is 0. The smallest absolute Gasteiger partial charge is 0.136 e. The van der Waals surface area contributed by atoms with Crippen LogP contribution in [0.15, 0.2) is 205 Å². The van der Waals surface area contributed by atoms with Crippen molar-refractivity contribution in [2.45, 2.75) is 19.3 Å². The predicted octanol–water partition coefficient (Wildman–Crippen LogP) is 14.7. The molecule has 3 nitrogen and oxygen atoms in total. The summed E-state index contributed by atoms with van der Waals surface area (Å²) in [6.07, 6.45) is -0.140. The lowest BCUT2D eigenvalue weighted by Gasteiger charge is -2.21. The van der Waals surface area contributed by atoms with Gasteiger partial charge in [0.25, 0.3) is 0 Å². The van der Waals surface area contributed by atoms with E-state index in [0.717, 1.165) is 27.5 Å². The first-order valence-electron chi connectivity index (χ1n) is 20.3. The lowest BCUT2D eigenvalue weighted by Crippen LogP contribution is -2.33.